The summed E-state index contributed by atoms with van der Waals surface area (Å²) in [6.45, 7) is 1.60. The molecule has 2 unspecified atom stereocenters. The Kier molecular flexibility index (Phi) is 7.23. The topological polar surface area (TPSA) is 118 Å². The summed E-state index contributed by atoms with van der Waals surface area (Å²) in [6, 6.07) is 11.7. The van der Waals surface area contributed by atoms with Crippen LogP contribution in [0.3, 0.4) is 0 Å². The predicted molar refractivity (Wildman–Crippen MR) is 152 cm³/mol. The van der Waals surface area contributed by atoms with Crippen molar-refractivity contribution in [3.63, 3.8) is 0 Å². The van der Waals surface area contributed by atoms with Crippen LogP contribution in [0, 0.1) is 5.92 Å². The number of hydrogen-bond donors (Lipinski definition) is 1. The lowest BCUT2D eigenvalue weighted by Crippen LogP contribution is -2.43. The Bertz CT molecular complexity index is 1560. The Balaban J connectivity index is 1.46. The molecule has 0 bridgehead atoms. The van der Waals surface area contributed by atoms with E-state index in [0.717, 1.165) is 27.6 Å². The lowest BCUT2D eigenvalue weighted by atomic mass is 9.83. The number of morpholine rings is 1. The number of rotatable bonds is 5. The zero-order valence-electron chi connectivity index (χ0n) is 21.2. The number of aromatic hydroxyl groups is 1. The van der Waals surface area contributed by atoms with Gasteiger partial charge in [0, 0.05) is 28.4 Å². The second kappa shape index (κ2) is 10.7. The van der Waals surface area contributed by atoms with E-state index in [1.807, 2.05) is 0 Å². The molecular formula is C27H24BrN3O7S2. The molecule has 208 valence electrons. The normalized spacial score (nSPS) is 22.3. The molecule has 2 saturated heterocycles. The lowest BCUT2D eigenvalue weighted by molar-refractivity contribution is -0.136. The fourth-order valence-electron chi connectivity index (χ4n) is 5.39. The second-order valence-electron chi connectivity index (χ2n) is 9.58. The summed E-state index contributed by atoms with van der Waals surface area (Å²) < 4.78 is 12.9. The van der Waals surface area contributed by atoms with E-state index in [1.165, 1.54) is 22.6 Å². The molecular weight excluding hydrogens is 622 g/mol. The van der Waals surface area contributed by atoms with Crippen molar-refractivity contribution in [2.45, 2.75) is 22.7 Å². The van der Waals surface area contributed by atoms with Gasteiger partial charge in [-0.3, -0.25) is 23.7 Å². The Labute approximate surface area is 245 Å². The molecule has 0 saturated carbocycles. The van der Waals surface area contributed by atoms with E-state index in [4.69, 9.17) is 9.47 Å². The molecule has 0 radical (unpaired) electrons. The number of imide groups is 1. The number of methoxy groups -OCH3 is 1. The van der Waals surface area contributed by atoms with Crippen LogP contribution in [0.1, 0.15) is 16.4 Å². The van der Waals surface area contributed by atoms with Crippen molar-refractivity contribution < 1.29 is 29.0 Å². The highest BCUT2D eigenvalue weighted by Crippen LogP contribution is 2.54. The van der Waals surface area contributed by atoms with Crippen LogP contribution in [0.15, 0.2) is 56.8 Å². The number of aromatic nitrogens is 1. The minimum atomic E-state index is -0.813. The predicted octanol–water partition coefficient (Wildman–Crippen LogP) is 3.04. The average Bonchev–Trinajstić information content (AvgIpc) is 3.40. The van der Waals surface area contributed by atoms with Crippen molar-refractivity contribution in [1.82, 2.24) is 9.47 Å². The van der Waals surface area contributed by atoms with Crippen LogP contribution in [-0.4, -0.2) is 71.0 Å². The van der Waals surface area contributed by atoms with Crippen molar-refractivity contribution in [3.05, 3.63) is 67.0 Å². The first-order valence-corrected chi connectivity index (χ1v) is 15.0. The summed E-state index contributed by atoms with van der Waals surface area (Å²) in [5, 5.41) is 9.92. The number of fused-ring (bicyclic) bond motifs is 2. The molecule has 3 aliphatic heterocycles. The molecule has 13 heteroatoms. The van der Waals surface area contributed by atoms with Gasteiger partial charge in [0.1, 0.15) is 11.8 Å². The number of thiazole rings is 1. The summed E-state index contributed by atoms with van der Waals surface area (Å²) in [7, 11) is 1.43. The molecule has 40 heavy (non-hydrogen) atoms. The van der Waals surface area contributed by atoms with Gasteiger partial charge < -0.3 is 19.5 Å². The highest BCUT2D eigenvalue weighted by atomic mass is 79.9. The van der Waals surface area contributed by atoms with Gasteiger partial charge in [-0.2, -0.15) is 0 Å². The SMILES string of the molecule is COc1cc([C@@H]2c3sc(=O)n(CC(=O)N4CCOCC4)c3SC3C(=O)N(c4ccc(Br)cc4)C(=O)C32)ccc1O. The number of benzene rings is 2. The van der Waals surface area contributed by atoms with Gasteiger partial charge in [0.2, 0.25) is 17.7 Å². The average molecular weight is 647 g/mol. The third-order valence-electron chi connectivity index (χ3n) is 7.35. The number of amides is 3. The van der Waals surface area contributed by atoms with E-state index < -0.39 is 17.1 Å². The van der Waals surface area contributed by atoms with Gasteiger partial charge >= 0.3 is 4.87 Å². The fraction of sp³-hybridized carbons (Fsp3) is 0.333. The Morgan fingerprint density at radius 1 is 1.10 bits per heavy atom. The maximum Gasteiger partial charge on any atom is 0.308 e. The zero-order valence-corrected chi connectivity index (χ0v) is 24.5. The van der Waals surface area contributed by atoms with Gasteiger partial charge in [0.25, 0.3) is 0 Å². The monoisotopic (exact) mass is 645 g/mol. The molecule has 2 fully saturated rings. The minimum Gasteiger partial charge on any atom is -0.504 e. The molecule has 2 aromatic carbocycles. The van der Waals surface area contributed by atoms with Gasteiger partial charge in [-0.25, -0.2) is 4.90 Å². The molecule has 0 aliphatic carbocycles. The molecule has 4 heterocycles. The number of nitrogens with zero attached hydrogens (tertiary/aromatic N) is 3. The molecule has 0 spiro atoms. The van der Waals surface area contributed by atoms with Crippen LogP contribution < -0.4 is 14.5 Å². The van der Waals surface area contributed by atoms with Gasteiger partial charge in [0.15, 0.2) is 11.5 Å². The third kappa shape index (κ3) is 4.54. The van der Waals surface area contributed by atoms with Crippen LogP contribution in [-0.2, 0) is 25.7 Å². The number of anilines is 1. The molecule has 3 atom stereocenters. The van der Waals surface area contributed by atoms with Gasteiger partial charge in [-0.05, 0) is 42.0 Å². The Hall–Kier alpha value is -3.13. The highest BCUT2D eigenvalue weighted by Gasteiger charge is 2.57. The smallest absolute Gasteiger partial charge is 0.308 e. The van der Waals surface area contributed by atoms with Gasteiger partial charge in [-0.15, -0.1) is 0 Å². The van der Waals surface area contributed by atoms with Crippen LogP contribution in [0.4, 0.5) is 5.69 Å². The fourth-order valence-corrected chi connectivity index (χ4v) is 8.43. The molecule has 1 aromatic heterocycles. The highest BCUT2D eigenvalue weighted by molar-refractivity contribution is 9.10. The summed E-state index contributed by atoms with van der Waals surface area (Å²) in [5.74, 6) is -2.28. The van der Waals surface area contributed by atoms with Crippen molar-refractivity contribution in [3.8, 4) is 11.5 Å². The van der Waals surface area contributed by atoms with E-state index in [-0.39, 0.29) is 40.6 Å². The Morgan fingerprint density at radius 3 is 2.52 bits per heavy atom. The van der Waals surface area contributed by atoms with Gasteiger partial charge in [-0.1, -0.05) is 45.1 Å². The number of ether oxygens (including phenoxy) is 2. The maximum absolute atomic E-state index is 14.0. The van der Waals surface area contributed by atoms with E-state index in [9.17, 15) is 24.3 Å². The first-order chi connectivity index (χ1) is 19.3. The molecule has 3 aromatic rings. The van der Waals surface area contributed by atoms with Crippen molar-refractivity contribution in [1.29, 1.82) is 0 Å². The van der Waals surface area contributed by atoms with E-state index >= 15 is 0 Å². The zero-order chi connectivity index (χ0) is 28.1. The lowest BCUT2D eigenvalue weighted by Gasteiger charge is -2.31. The summed E-state index contributed by atoms with van der Waals surface area (Å²) in [5.41, 5.74) is 1.08. The number of carbonyl (C=O) groups is 3. The van der Waals surface area contributed by atoms with Crippen LogP contribution >= 0.6 is 39.0 Å². The van der Waals surface area contributed by atoms with Crippen molar-refractivity contribution >= 4 is 62.4 Å². The molecule has 3 aliphatic rings. The summed E-state index contributed by atoms with van der Waals surface area (Å²) in [4.78, 5) is 57.4. The quantitative estimate of drug-likeness (QED) is 0.421. The number of phenolic OH excluding ortho intramolecular Hbond substituents is 1. The van der Waals surface area contributed by atoms with Crippen molar-refractivity contribution in [2.24, 2.45) is 5.92 Å². The van der Waals surface area contributed by atoms with Crippen LogP contribution in [0.25, 0.3) is 0 Å². The molecule has 3 amide bonds. The van der Waals surface area contributed by atoms with Crippen molar-refractivity contribution in [2.75, 3.05) is 38.3 Å². The van der Waals surface area contributed by atoms with E-state index in [1.54, 1.807) is 41.3 Å². The number of carbonyl (C=O) groups excluding carboxylic acids is 3. The second-order valence-corrected chi connectivity index (χ2v) is 12.6. The first kappa shape index (κ1) is 27.1. The maximum atomic E-state index is 14.0. The standard InChI is InChI=1S/C27H24BrN3O7S2/c1-37-18-12-14(2-7-17(18)32)20-21-22(25(35)31(24(21)34)16-5-3-15(28)4-6-16)39-26-23(20)40-27(36)30(26)13-19(33)29-8-10-38-11-9-29/h2-7,12,20-22,32H,8-11,13H2,1H3/t20-,21?,22?/m0/s1. The van der Waals surface area contributed by atoms with E-state index in [0.29, 0.717) is 47.5 Å². The summed E-state index contributed by atoms with van der Waals surface area (Å²) >= 11 is 5.53. The van der Waals surface area contributed by atoms with Crippen LogP contribution in [0.5, 0.6) is 11.5 Å². The molecule has 1 N–H and O–H groups in total. The Morgan fingerprint density at radius 2 is 1.82 bits per heavy atom. The number of halogens is 1. The third-order valence-corrected chi connectivity index (χ3v) is 10.5. The van der Waals surface area contributed by atoms with Gasteiger partial charge in [0.05, 0.1) is 37.0 Å². The summed E-state index contributed by atoms with van der Waals surface area (Å²) in [6.07, 6.45) is 0. The first-order valence-electron chi connectivity index (χ1n) is 12.5. The van der Waals surface area contributed by atoms with E-state index in [2.05, 4.69) is 15.9 Å². The number of phenols is 1. The number of thioether (sulfide) groups is 1. The molecule has 10 nitrogen and oxygen atoms in total. The van der Waals surface area contributed by atoms with Crippen LogP contribution in [0.2, 0.25) is 0 Å². The molecule has 6 rings (SSSR count). The number of hydrogen-bond acceptors (Lipinski definition) is 9. The largest absolute Gasteiger partial charge is 0.504 e. The minimum absolute atomic E-state index is 0.0691.